The smallest absolute Gasteiger partial charge is 0.237 e. The van der Waals surface area contributed by atoms with Crippen LogP contribution in [0.5, 0.6) is 0 Å². The molecule has 0 spiro atoms. The summed E-state index contributed by atoms with van der Waals surface area (Å²) in [5.74, 6) is 1.66. The molecule has 2 heterocycles. The number of hydrogen-bond acceptors (Lipinski definition) is 3. The van der Waals surface area contributed by atoms with Crippen LogP contribution in [0.3, 0.4) is 0 Å². The highest BCUT2D eigenvalue weighted by molar-refractivity contribution is 5.81. The van der Waals surface area contributed by atoms with Crippen LogP contribution in [0, 0.1) is 11.8 Å². The average Bonchev–Trinajstić information content (AvgIpc) is 2.98. The van der Waals surface area contributed by atoms with E-state index in [-0.39, 0.29) is 11.9 Å². The van der Waals surface area contributed by atoms with Gasteiger partial charge in [0, 0.05) is 18.6 Å². The SMILES string of the molecule is CCC(CC)NC(=O)C(C)N1CC2CNCC2C1C. The van der Waals surface area contributed by atoms with Gasteiger partial charge in [0.1, 0.15) is 0 Å². The Bertz CT molecular complexity index is 317. The van der Waals surface area contributed by atoms with Crippen LogP contribution in [0.25, 0.3) is 0 Å². The number of rotatable bonds is 5. The van der Waals surface area contributed by atoms with Crippen LogP contribution in [0.15, 0.2) is 0 Å². The topological polar surface area (TPSA) is 44.4 Å². The van der Waals surface area contributed by atoms with Crippen LogP contribution >= 0.6 is 0 Å². The van der Waals surface area contributed by atoms with E-state index in [0.29, 0.717) is 12.1 Å². The first-order chi connectivity index (χ1) is 9.08. The molecular formula is C15H29N3O. The van der Waals surface area contributed by atoms with E-state index in [1.165, 1.54) is 0 Å². The van der Waals surface area contributed by atoms with E-state index in [9.17, 15) is 4.79 Å². The van der Waals surface area contributed by atoms with E-state index in [2.05, 4.69) is 43.2 Å². The number of nitrogens with one attached hydrogen (secondary N) is 2. The lowest BCUT2D eigenvalue weighted by atomic mass is 9.95. The summed E-state index contributed by atoms with van der Waals surface area (Å²) in [6.07, 6.45) is 2.03. The van der Waals surface area contributed by atoms with Gasteiger partial charge in [0.15, 0.2) is 0 Å². The maximum absolute atomic E-state index is 12.4. The lowest BCUT2D eigenvalue weighted by molar-refractivity contribution is -0.127. The summed E-state index contributed by atoms with van der Waals surface area (Å²) in [4.78, 5) is 14.8. The zero-order valence-corrected chi connectivity index (χ0v) is 12.8. The van der Waals surface area contributed by atoms with E-state index in [4.69, 9.17) is 0 Å². The summed E-state index contributed by atoms with van der Waals surface area (Å²) in [6.45, 7) is 11.9. The van der Waals surface area contributed by atoms with Crippen LogP contribution in [0.4, 0.5) is 0 Å². The predicted octanol–water partition coefficient (Wildman–Crippen LogP) is 1.22. The second-order valence-corrected chi connectivity index (χ2v) is 6.22. The first-order valence-electron chi connectivity index (χ1n) is 7.85. The highest BCUT2D eigenvalue weighted by atomic mass is 16.2. The van der Waals surface area contributed by atoms with Crippen LogP contribution in [0.1, 0.15) is 40.5 Å². The molecule has 0 radical (unpaired) electrons. The molecule has 1 amide bonds. The van der Waals surface area contributed by atoms with Crippen molar-refractivity contribution >= 4 is 5.91 Å². The van der Waals surface area contributed by atoms with Crippen LogP contribution < -0.4 is 10.6 Å². The summed E-state index contributed by atoms with van der Waals surface area (Å²) in [5.41, 5.74) is 0. The second kappa shape index (κ2) is 6.23. The number of likely N-dealkylation sites (tertiary alicyclic amines) is 1. The Morgan fingerprint density at radius 1 is 1.37 bits per heavy atom. The van der Waals surface area contributed by atoms with Gasteiger partial charge in [-0.2, -0.15) is 0 Å². The van der Waals surface area contributed by atoms with Crippen molar-refractivity contribution in [3.05, 3.63) is 0 Å². The molecule has 110 valence electrons. The fourth-order valence-corrected chi connectivity index (χ4v) is 3.68. The molecule has 2 rings (SSSR count). The van der Waals surface area contributed by atoms with Gasteiger partial charge < -0.3 is 10.6 Å². The molecule has 0 aliphatic carbocycles. The lowest BCUT2D eigenvalue weighted by Gasteiger charge is -2.30. The molecule has 2 saturated heterocycles. The molecule has 2 fully saturated rings. The molecule has 0 aromatic carbocycles. The van der Waals surface area contributed by atoms with Crippen LogP contribution in [-0.4, -0.2) is 48.6 Å². The van der Waals surface area contributed by atoms with Crippen molar-refractivity contribution in [2.75, 3.05) is 19.6 Å². The summed E-state index contributed by atoms with van der Waals surface area (Å²) in [5, 5.41) is 6.65. The van der Waals surface area contributed by atoms with Crippen LogP contribution in [-0.2, 0) is 4.79 Å². The Balaban J connectivity index is 1.92. The van der Waals surface area contributed by atoms with E-state index < -0.39 is 0 Å². The Morgan fingerprint density at radius 3 is 2.63 bits per heavy atom. The Labute approximate surface area is 117 Å². The number of carbonyl (C=O) groups excluding carboxylic acids is 1. The lowest BCUT2D eigenvalue weighted by Crippen LogP contribution is -2.50. The third-order valence-corrected chi connectivity index (χ3v) is 5.19. The van der Waals surface area contributed by atoms with Crippen molar-refractivity contribution in [2.24, 2.45) is 11.8 Å². The molecule has 4 heteroatoms. The number of carbonyl (C=O) groups is 1. The molecule has 4 atom stereocenters. The van der Waals surface area contributed by atoms with Crippen molar-refractivity contribution in [3.63, 3.8) is 0 Å². The van der Waals surface area contributed by atoms with Crippen LogP contribution in [0.2, 0.25) is 0 Å². The number of fused-ring (bicyclic) bond motifs is 1. The van der Waals surface area contributed by atoms with Gasteiger partial charge >= 0.3 is 0 Å². The third-order valence-electron chi connectivity index (χ3n) is 5.19. The van der Waals surface area contributed by atoms with Gasteiger partial charge in [-0.15, -0.1) is 0 Å². The van der Waals surface area contributed by atoms with Gasteiger partial charge in [0.25, 0.3) is 0 Å². The Hall–Kier alpha value is -0.610. The molecular weight excluding hydrogens is 238 g/mol. The average molecular weight is 267 g/mol. The molecule has 0 bridgehead atoms. The number of amides is 1. The summed E-state index contributed by atoms with van der Waals surface area (Å²) < 4.78 is 0. The molecule has 19 heavy (non-hydrogen) atoms. The van der Waals surface area contributed by atoms with E-state index >= 15 is 0 Å². The number of nitrogens with zero attached hydrogens (tertiary/aromatic N) is 1. The molecule has 4 nitrogen and oxygen atoms in total. The predicted molar refractivity (Wildman–Crippen MR) is 78.0 cm³/mol. The van der Waals surface area contributed by atoms with E-state index in [0.717, 1.165) is 44.3 Å². The molecule has 4 unspecified atom stereocenters. The Kier molecular flexibility index (Phi) is 4.85. The maximum atomic E-state index is 12.4. The third kappa shape index (κ3) is 2.95. The van der Waals surface area contributed by atoms with Crippen molar-refractivity contribution in [3.8, 4) is 0 Å². The highest BCUT2D eigenvalue weighted by Crippen LogP contribution is 2.33. The quantitative estimate of drug-likeness (QED) is 0.787. The summed E-state index contributed by atoms with van der Waals surface area (Å²) in [6, 6.07) is 0.845. The fraction of sp³-hybridized carbons (Fsp3) is 0.933. The van der Waals surface area contributed by atoms with Gasteiger partial charge in [0.05, 0.1) is 6.04 Å². The monoisotopic (exact) mass is 267 g/mol. The summed E-state index contributed by atoms with van der Waals surface area (Å²) >= 11 is 0. The van der Waals surface area contributed by atoms with Crippen molar-refractivity contribution in [1.82, 2.24) is 15.5 Å². The van der Waals surface area contributed by atoms with E-state index in [1.54, 1.807) is 0 Å². The van der Waals surface area contributed by atoms with Crippen molar-refractivity contribution < 1.29 is 4.79 Å². The summed E-state index contributed by atoms with van der Waals surface area (Å²) in [7, 11) is 0. The van der Waals surface area contributed by atoms with Gasteiger partial charge in [0.2, 0.25) is 5.91 Å². The largest absolute Gasteiger partial charge is 0.352 e. The molecule has 2 N–H and O–H groups in total. The minimum atomic E-state index is 0.00111. The van der Waals surface area contributed by atoms with Crippen molar-refractivity contribution in [1.29, 1.82) is 0 Å². The van der Waals surface area contributed by atoms with Gasteiger partial charge in [-0.1, -0.05) is 13.8 Å². The maximum Gasteiger partial charge on any atom is 0.237 e. The van der Waals surface area contributed by atoms with Gasteiger partial charge in [-0.25, -0.2) is 0 Å². The molecule has 2 aliphatic heterocycles. The number of hydrogen-bond donors (Lipinski definition) is 2. The van der Waals surface area contributed by atoms with Crippen molar-refractivity contribution in [2.45, 2.75) is 58.7 Å². The van der Waals surface area contributed by atoms with Gasteiger partial charge in [-0.3, -0.25) is 9.69 Å². The molecule has 0 aromatic rings. The first kappa shape index (κ1) is 14.8. The minimum Gasteiger partial charge on any atom is -0.352 e. The first-order valence-corrected chi connectivity index (χ1v) is 7.85. The molecule has 0 aromatic heterocycles. The fourth-order valence-electron chi connectivity index (χ4n) is 3.68. The zero-order valence-electron chi connectivity index (χ0n) is 12.8. The second-order valence-electron chi connectivity index (χ2n) is 6.22. The standard InChI is InChI=1S/C15H29N3O/c1-5-13(6-2)17-15(19)11(4)18-9-12-7-16-8-14(12)10(18)3/h10-14,16H,5-9H2,1-4H3,(H,17,19). The Morgan fingerprint density at radius 2 is 2.05 bits per heavy atom. The van der Waals surface area contributed by atoms with Gasteiger partial charge in [-0.05, 0) is 51.6 Å². The highest BCUT2D eigenvalue weighted by Gasteiger charge is 2.44. The van der Waals surface area contributed by atoms with E-state index in [1.807, 2.05) is 0 Å². The molecule has 2 aliphatic rings. The molecule has 0 saturated carbocycles. The minimum absolute atomic E-state index is 0.00111. The normalized spacial score (nSPS) is 32.6. The zero-order chi connectivity index (χ0) is 14.0.